The van der Waals surface area contributed by atoms with E-state index in [9.17, 15) is 4.79 Å². The van der Waals surface area contributed by atoms with Crippen molar-refractivity contribution in [2.75, 3.05) is 0 Å². The van der Waals surface area contributed by atoms with Gasteiger partial charge in [-0.05, 0) is 24.6 Å². The number of aromatic carboxylic acids is 1. The van der Waals surface area contributed by atoms with Gasteiger partial charge in [-0.1, -0.05) is 0 Å². The average molecular weight is 256 g/mol. The van der Waals surface area contributed by atoms with Crippen LogP contribution in [0, 0.1) is 6.92 Å². The van der Waals surface area contributed by atoms with Crippen molar-refractivity contribution in [3.8, 4) is 11.6 Å². The molecule has 2 heterocycles. The molecule has 0 saturated carbocycles. The molecule has 0 fully saturated rings. The van der Waals surface area contributed by atoms with Gasteiger partial charge >= 0.3 is 5.97 Å². The fourth-order valence-corrected chi connectivity index (χ4v) is 2.14. The first-order valence-electron chi connectivity index (χ1n) is 5.78. The average Bonchev–Trinajstić information content (AvgIpc) is 2.94. The first kappa shape index (κ1) is 11.5. The van der Waals surface area contributed by atoms with Gasteiger partial charge in [-0.25, -0.2) is 14.8 Å². The number of benzene rings is 1. The van der Waals surface area contributed by atoms with Gasteiger partial charge in [0.25, 0.3) is 0 Å². The largest absolute Gasteiger partial charge is 0.478 e. The van der Waals surface area contributed by atoms with Gasteiger partial charge in [0.1, 0.15) is 0 Å². The number of nitrogens with one attached hydrogen (secondary N) is 1. The molecule has 3 aromatic rings. The maximum Gasteiger partial charge on any atom is 0.336 e. The van der Waals surface area contributed by atoms with Gasteiger partial charge in [0, 0.05) is 19.4 Å². The van der Waals surface area contributed by atoms with Crippen molar-refractivity contribution in [2.45, 2.75) is 6.92 Å². The van der Waals surface area contributed by atoms with E-state index in [0.717, 1.165) is 5.52 Å². The fourth-order valence-electron chi connectivity index (χ4n) is 2.14. The third-order valence-corrected chi connectivity index (χ3v) is 3.17. The predicted molar refractivity (Wildman–Crippen MR) is 70.0 cm³/mol. The van der Waals surface area contributed by atoms with Gasteiger partial charge in [0.15, 0.2) is 11.6 Å². The smallest absolute Gasteiger partial charge is 0.336 e. The number of imidazole rings is 2. The van der Waals surface area contributed by atoms with Crippen LogP contribution in [0.4, 0.5) is 0 Å². The molecule has 0 spiro atoms. The lowest BCUT2D eigenvalue weighted by Crippen LogP contribution is -1.99. The van der Waals surface area contributed by atoms with Crippen LogP contribution in [0.3, 0.4) is 0 Å². The maximum absolute atomic E-state index is 11.1. The molecule has 0 radical (unpaired) electrons. The minimum atomic E-state index is -0.944. The molecule has 3 rings (SSSR count). The molecule has 6 nitrogen and oxygen atoms in total. The monoisotopic (exact) mass is 256 g/mol. The lowest BCUT2D eigenvalue weighted by Gasteiger charge is -1.99. The first-order chi connectivity index (χ1) is 9.08. The van der Waals surface area contributed by atoms with Gasteiger partial charge in [0.2, 0.25) is 0 Å². The van der Waals surface area contributed by atoms with Gasteiger partial charge in [-0.3, -0.25) is 0 Å². The molecule has 0 amide bonds. The summed E-state index contributed by atoms with van der Waals surface area (Å²) in [5, 5.41) is 9.11. The Kier molecular flexibility index (Phi) is 2.38. The number of aromatic amines is 1. The summed E-state index contributed by atoms with van der Waals surface area (Å²) in [5.74, 6) is 0.404. The molecule has 19 heavy (non-hydrogen) atoms. The Morgan fingerprint density at radius 1 is 1.42 bits per heavy atom. The van der Waals surface area contributed by atoms with E-state index in [4.69, 9.17) is 5.11 Å². The van der Waals surface area contributed by atoms with E-state index in [0.29, 0.717) is 22.7 Å². The number of fused-ring (bicyclic) bond motifs is 1. The Morgan fingerprint density at radius 2 is 2.21 bits per heavy atom. The third-order valence-electron chi connectivity index (χ3n) is 3.17. The minimum Gasteiger partial charge on any atom is -0.478 e. The van der Waals surface area contributed by atoms with Crippen molar-refractivity contribution in [1.29, 1.82) is 0 Å². The molecule has 0 bridgehead atoms. The molecule has 6 heteroatoms. The molecule has 2 aromatic heterocycles. The van der Waals surface area contributed by atoms with Gasteiger partial charge in [-0.2, -0.15) is 0 Å². The predicted octanol–water partition coefficient (Wildman–Crippen LogP) is 1.97. The van der Waals surface area contributed by atoms with Crippen molar-refractivity contribution >= 4 is 17.0 Å². The third kappa shape index (κ3) is 1.69. The zero-order chi connectivity index (χ0) is 13.6. The number of nitrogens with zero attached hydrogens (tertiary/aromatic N) is 3. The van der Waals surface area contributed by atoms with Gasteiger partial charge < -0.3 is 14.7 Å². The van der Waals surface area contributed by atoms with Crippen molar-refractivity contribution in [3.63, 3.8) is 0 Å². The van der Waals surface area contributed by atoms with Crippen LogP contribution in [0.1, 0.15) is 15.9 Å². The SMILES string of the molecule is Cc1c(C(=O)O)ccc2[nH]c(-c3nccn3C)nc12. The highest BCUT2D eigenvalue weighted by Crippen LogP contribution is 2.23. The van der Waals surface area contributed by atoms with Crippen LogP contribution in [0.15, 0.2) is 24.5 Å². The normalized spacial score (nSPS) is 11.1. The van der Waals surface area contributed by atoms with Crippen molar-refractivity contribution in [1.82, 2.24) is 19.5 Å². The van der Waals surface area contributed by atoms with Crippen LogP contribution in [0.25, 0.3) is 22.7 Å². The molecular weight excluding hydrogens is 244 g/mol. The standard InChI is InChI=1S/C13H12N4O2/c1-7-8(13(18)19)3-4-9-10(7)16-11(15-9)12-14-5-6-17(12)2/h3-6H,1-2H3,(H,15,16)(H,18,19). The van der Waals surface area contributed by atoms with Crippen molar-refractivity contribution in [2.24, 2.45) is 7.05 Å². The summed E-state index contributed by atoms with van der Waals surface area (Å²) in [4.78, 5) is 22.9. The van der Waals surface area contributed by atoms with E-state index in [1.54, 1.807) is 25.3 Å². The molecule has 0 aliphatic heterocycles. The lowest BCUT2D eigenvalue weighted by atomic mass is 10.1. The van der Waals surface area contributed by atoms with E-state index >= 15 is 0 Å². The maximum atomic E-state index is 11.1. The Bertz CT molecular complexity index is 785. The number of aryl methyl sites for hydroxylation is 2. The second-order valence-electron chi connectivity index (χ2n) is 4.39. The summed E-state index contributed by atoms with van der Waals surface area (Å²) in [6, 6.07) is 3.31. The summed E-state index contributed by atoms with van der Waals surface area (Å²) in [6.07, 6.45) is 3.52. The van der Waals surface area contributed by atoms with Crippen LogP contribution in [0.5, 0.6) is 0 Å². The van der Waals surface area contributed by atoms with E-state index in [1.807, 2.05) is 17.8 Å². The number of carboxylic acids is 1. The quantitative estimate of drug-likeness (QED) is 0.734. The van der Waals surface area contributed by atoms with Crippen LogP contribution >= 0.6 is 0 Å². The zero-order valence-corrected chi connectivity index (χ0v) is 10.5. The number of aromatic nitrogens is 4. The van der Waals surface area contributed by atoms with Crippen LogP contribution in [-0.4, -0.2) is 30.6 Å². The van der Waals surface area contributed by atoms with Gasteiger partial charge in [-0.15, -0.1) is 0 Å². The molecule has 0 unspecified atom stereocenters. The molecule has 1 aromatic carbocycles. The van der Waals surface area contributed by atoms with E-state index in [-0.39, 0.29) is 5.56 Å². The Balaban J connectivity index is 2.24. The summed E-state index contributed by atoms with van der Waals surface area (Å²) >= 11 is 0. The molecule has 0 aliphatic carbocycles. The Hall–Kier alpha value is -2.63. The molecule has 96 valence electrons. The van der Waals surface area contributed by atoms with Crippen LogP contribution in [-0.2, 0) is 7.05 Å². The highest BCUT2D eigenvalue weighted by molar-refractivity contribution is 5.96. The number of carboxylic acid groups (broad SMARTS) is 1. The van der Waals surface area contributed by atoms with E-state index in [1.165, 1.54) is 0 Å². The molecule has 0 aliphatic rings. The lowest BCUT2D eigenvalue weighted by molar-refractivity contribution is 0.0696. The zero-order valence-electron chi connectivity index (χ0n) is 10.5. The number of H-pyrrole nitrogens is 1. The summed E-state index contributed by atoms with van der Waals surface area (Å²) in [5.41, 5.74) is 2.39. The van der Waals surface area contributed by atoms with Crippen LogP contribution in [0.2, 0.25) is 0 Å². The molecular formula is C13H12N4O2. The van der Waals surface area contributed by atoms with Crippen LogP contribution < -0.4 is 0 Å². The summed E-state index contributed by atoms with van der Waals surface area (Å²) in [7, 11) is 1.88. The highest BCUT2D eigenvalue weighted by atomic mass is 16.4. The number of hydrogen-bond acceptors (Lipinski definition) is 3. The molecule has 2 N–H and O–H groups in total. The van der Waals surface area contributed by atoms with Crippen molar-refractivity contribution < 1.29 is 9.90 Å². The number of rotatable bonds is 2. The topological polar surface area (TPSA) is 83.8 Å². The van der Waals surface area contributed by atoms with Crippen molar-refractivity contribution in [3.05, 3.63) is 35.7 Å². The van der Waals surface area contributed by atoms with E-state index < -0.39 is 5.97 Å². The van der Waals surface area contributed by atoms with Gasteiger partial charge in [0.05, 0.1) is 16.6 Å². The Labute approximate surface area is 108 Å². The second-order valence-corrected chi connectivity index (χ2v) is 4.39. The first-order valence-corrected chi connectivity index (χ1v) is 5.78. The molecule has 0 atom stereocenters. The molecule has 0 saturated heterocycles. The second kappa shape index (κ2) is 3.94. The fraction of sp³-hybridized carbons (Fsp3) is 0.154. The Morgan fingerprint density at radius 3 is 2.84 bits per heavy atom. The minimum absolute atomic E-state index is 0.269. The summed E-state index contributed by atoms with van der Waals surface area (Å²) in [6.45, 7) is 1.76. The number of carbonyl (C=O) groups is 1. The number of hydrogen-bond donors (Lipinski definition) is 2. The van der Waals surface area contributed by atoms with E-state index in [2.05, 4.69) is 15.0 Å². The summed E-state index contributed by atoms with van der Waals surface area (Å²) < 4.78 is 1.85. The highest BCUT2D eigenvalue weighted by Gasteiger charge is 2.15.